The molecule has 2 fully saturated rings. The van der Waals surface area contributed by atoms with E-state index >= 15 is 0 Å². The van der Waals surface area contributed by atoms with E-state index in [2.05, 4.69) is 4.90 Å². The number of hydrogen-bond acceptors (Lipinski definition) is 3. The molecule has 1 saturated heterocycles. The number of carbonyl (C=O) groups is 1. The number of likely N-dealkylation sites (tertiary alicyclic amines) is 1. The molecule has 0 amide bonds. The number of ketones is 1. The predicted octanol–water partition coefficient (Wildman–Crippen LogP) is 1.47. The van der Waals surface area contributed by atoms with E-state index in [4.69, 9.17) is 4.74 Å². The summed E-state index contributed by atoms with van der Waals surface area (Å²) in [4.78, 5) is 13.7. The van der Waals surface area contributed by atoms with E-state index in [1.807, 2.05) is 0 Å². The van der Waals surface area contributed by atoms with E-state index in [1.165, 1.54) is 12.8 Å². The van der Waals surface area contributed by atoms with Gasteiger partial charge in [0, 0.05) is 32.6 Å². The Labute approximate surface area is 91.8 Å². The fourth-order valence-corrected chi connectivity index (χ4v) is 2.83. The highest BCUT2D eigenvalue weighted by molar-refractivity contribution is 5.81. The van der Waals surface area contributed by atoms with Gasteiger partial charge in [-0.2, -0.15) is 0 Å². The van der Waals surface area contributed by atoms with Crippen LogP contribution in [0.5, 0.6) is 0 Å². The maximum absolute atomic E-state index is 11.2. The van der Waals surface area contributed by atoms with Gasteiger partial charge in [-0.1, -0.05) is 0 Å². The lowest BCUT2D eigenvalue weighted by Crippen LogP contribution is -2.41. The summed E-state index contributed by atoms with van der Waals surface area (Å²) in [6, 6.07) is 0.556. The van der Waals surface area contributed by atoms with E-state index in [1.54, 1.807) is 7.11 Å². The van der Waals surface area contributed by atoms with Crippen LogP contribution < -0.4 is 0 Å². The van der Waals surface area contributed by atoms with Crippen LogP contribution in [0.15, 0.2) is 0 Å². The highest BCUT2D eigenvalue weighted by Crippen LogP contribution is 2.26. The monoisotopic (exact) mass is 211 g/mol. The van der Waals surface area contributed by atoms with Gasteiger partial charge >= 0.3 is 0 Å². The molecule has 0 radical (unpaired) electrons. The fraction of sp³-hybridized carbons (Fsp3) is 0.917. The highest BCUT2D eigenvalue weighted by Gasteiger charge is 2.30. The number of carbonyl (C=O) groups excluding carboxylic acids is 1. The Morgan fingerprint density at radius 3 is 2.60 bits per heavy atom. The highest BCUT2D eigenvalue weighted by atomic mass is 16.5. The number of rotatable bonds is 3. The van der Waals surface area contributed by atoms with Gasteiger partial charge in [-0.25, -0.2) is 0 Å². The summed E-state index contributed by atoms with van der Waals surface area (Å²) < 4.78 is 5.19. The normalized spacial score (nSPS) is 29.9. The molecule has 3 nitrogen and oxygen atoms in total. The van der Waals surface area contributed by atoms with Gasteiger partial charge in [0.25, 0.3) is 0 Å². The minimum atomic E-state index is 0.457. The van der Waals surface area contributed by atoms with Crippen LogP contribution in [0.2, 0.25) is 0 Å². The molecule has 3 heteroatoms. The zero-order chi connectivity index (χ0) is 10.7. The largest absolute Gasteiger partial charge is 0.384 e. The quantitative estimate of drug-likeness (QED) is 0.708. The summed E-state index contributed by atoms with van der Waals surface area (Å²) in [6.07, 6.45) is 5.17. The van der Waals surface area contributed by atoms with E-state index in [-0.39, 0.29) is 0 Å². The number of hydrogen-bond donors (Lipinski definition) is 0. The second kappa shape index (κ2) is 5.08. The predicted molar refractivity (Wildman–Crippen MR) is 58.8 cm³/mol. The van der Waals surface area contributed by atoms with Gasteiger partial charge in [0.1, 0.15) is 5.78 Å². The molecule has 0 aromatic heterocycles. The number of ether oxygens (including phenoxy) is 1. The van der Waals surface area contributed by atoms with Crippen molar-refractivity contribution < 1.29 is 9.53 Å². The van der Waals surface area contributed by atoms with Gasteiger partial charge in [0.15, 0.2) is 0 Å². The van der Waals surface area contributed by atoms with Crippen LogP contribution in [0.3, 0.4) is 0 Å². The van der Waals surface area contributed by atoms with Crippen LogP contribution in [0.25, 0.3) is 0 Å². The third-order valence-corrected chi connectivity index (χ3v) is 3.79. The number of Topliss-reactive ketones (excluding diaryl/α,β-unsaturated/α-hetero) is 1. The first-order chi connectivity index (χ1) is 7.29. The summed E-state index contributed by atoms with van der Waals surface area (Å²) in [5, 5.41) is 0. The Bertz CT molecular complexity index is 222. The minimum Gasteiger partial charge on any atom is -0.384 e. The topological polar surface area (TPSA) is 29.5 Å². The Balaban J connectivity index is 1.75. The van der Waals surface area contributed by atoms with Crippen molar-refractivity contribution in [2.45, 2.75) is 38.1 Å². The first kappa shape index (κ1) is 11.1. The second-order valence-electron chi connectivity index (χ2n) is 4.87. The average molecular weight is 211 g/mol. The van der Waals surface area contributed by atoms with Crippen molar-refractivity contribution in [3.63, 3.8) is 0 Å². The van der Waals surface area contributed by atoms with Crippen LogP contribution in [-0.2, 0) is 9.53 Å². The maximum Gasteiger partial charge on any atom is 0.134 e. The standard InChI is InChI=1S/C12H21NO2/c1-15-9-10-4-6-13(7-5-10)11-2-3-12(14)8-11/h10-11H,2-9H2,1H3. The number of nitrogens with zero attached hydrogens (tertiary/aromatic N) is 1. The van der Waals surface area contributed by atoms with Crippen LogP contribution in [-0.4, -0.2) is 43.5 Å². The Morgan fingerprint density at radius 1 is 1.33 bits per heavy atom. The molecule has 15 heavy (non-hydrogen) atoms. The Morgan fingerprint density at radius 2 is 2.07 bits per heavy atom. The molecular weight excluding hydrogens is 190 g/mol. The molecule has 2 aliphatic rings. The molecule has 0 spiro atoms. The molecule has 0 bridgehead atoms. The van der Waals surface area contributed by atoms with E-state index < -0.39 is 0 Å². The first-order valence-electron chi connectivity index (χ1n) is 6.04. The molecule has 86 valence electrons. The third kappa shape index (κ3) is 2.79. The van der Waals surface area contributed by atoms with Crippen molar-refractivity contribution in [3.8, 4) is 0 Å². The lowest BCUT2D eigenvalue weighted by atomic mass is 9.96. The lowest BCUT2D eigenvalue weighted by molar-refractivity contribution is -0.117. The molecule has 0 N–H and O–H groups in total. The van der Waals surface area contributed by atoms with Crippen molar-refractivity contribution in [1.29, 1.82) is 0 Å². The first-order valence-corrected chi connectivity index (χ1v) is 6.04. The zero-order valence-corrected chi connectivity index (χ0v) is 9.58. The Hall–Kier alpha value is -0.410. The minimum absolute atomic E-state index is 0.457. The Kier molecular flexibility index (Phi) is 3.76. The summed E-state index contributed by atoms with van der Waals surface area (Å²) in [5.41, 5.74) is 0. The van der Waals surface area contributed by atoms with Gasteiger partial charge in [0.2, 0.25) is 0 Å². The summed E-state index contributed by atoms with van der Waals surface area (Å²) in [6.45, 7) is 3.22. The average Bonchev–Trinajstić information content (AvgIpc) is 2.67. The smallest absolute Gasteiger partial charge is 0.134 e. The number of methoxy groups -OCH3 is 1. The molecule has 1 aliphatic carbocycles. The lowest BCUT2D eigenvalue weighted by Gasteiger charge is -2.35. The van der Waals surface area contributed by atoms with E-state index in [0.29, 0.717) is 11.8 Å². The van der Waals surface area contributed by atoms with Crippen molar-refractivity contribution in [3.05, 3.63) is 0 Å². The van der Waals surface area contributed by atoms with Gasteiger partial charge in [-0.3, -0.25) is 9.69 Å². The molecule has 2 rings (SSSR count). The molecule has 1 saturated carbocycles. The van der Waals surface area contributed by atoms with E-state index in [0.717, 1.165) is 44.9 Å². The summed E-state index contributed by atoms with van der Waals surface area (Å²) in [7, 11) is 1.78. The molecule has 1 heterocycles. The van der Waals surface area contributed by atoms with Crippen LogP contribution in [0, 0.1) is 5.92 Å². The van der Waals surface area contributed by atoms with Crippen molar-refractivity contribution in [1.82, 2.24) is 4.90 Å². The van der Waals surface area contributed by atoms with Gasteiger partial charge in [0.05, 0.1) is 0 Å². The van der Waals surface area contributed by atoms with Crippen LogP contribution in [0.4, 0.5) is 0 Å². The van der Waals surface area contributed by atoms with Gasteiger partial charge in [-0.15, -0.1) is 0 Å². The third-order valence-electron chi connectivity index (χ3n) is 3.79. The second-order valence-corrected chi connectivity index (χ2v) is 4.87. The molecule has 0 aromatic rings. The molecule has 1 unspecified atom stereocenters. The van der Waals surface area contributed by atoms with Gasteiger partial charge < -0.3 is 4.74 Å². The SMILES string of the molecule is COCC1CCN(C2CCC(=O)C2)CC1. The van der Waals surface area contributed by atoms with Gasteiger partial charge in [-0.05, 0) is 38.3 Å². The zero-order valence-electron chi connectivity index (χ0n) is 9.58. The molecule has 0 aromatic carbocycles. The van der Waals surface area contributed by atoms with Crippen molar-refractivity contribution in [2.75, 3.05) is 26.8 Å². The van der Waals surface area contributed by atoms with E-state index in [9.17, 15) is 4.79 Å². The molecule has 1 atom stereocenters. The molecular formula is C12H21NO2. The van der Waals surface area contributed by atoms with Crippen molar-refractivity contribution in [2.24, 2.45) is 5.92 Å². The number of piperidine rings is 1. The van der Waals surface area contributed by atoms with Crippen molar-refractivity contribution >= 4 is 5.78 Å². The maximum atomic E-state index is 11.2. The summed E-state index contributed by atoms with van der Waals surface area (Å²) >= 11 is 0. The summed E-state index contributed by atoms with van der Waals surface area (Å²) in [5.74, 6) is 1.20. The fourth-order valence-electron chi connectivity index (χ4n) is 2.83. The van der Waals surface area contributed by atoms with Crippen LogP contribution >= 0.6 is 0 Å². The van der Waals surface area contributed by atoms with Crippen LogP contribution in [0.1, 0.15) is 32.1 Å². The molecule has 1 aliphatic heterocycles.